The maximum Gasteiger partial charge on any atom is 0.333 e. The van der Waals surface area contributed by atoms with Crippen LogP contribution in [0.25, 0.3) is 0 Å². The zero-order chi connectivity index (χ0) is 18.5. The van der Waals surface area contributed by atoms with Gasteiger partial charge < -0.3 is 14.6 Å². The van der Waals surface area contributed by atoms with Gasteiger partial charge in [-0.25, -0.2) is 4.79 Å². The lowest BCUT2D eigenvalue weighted by Gasteiger charge is -2.33. The van der Waals surface area contributed by atoms with Crippen molar-refractivity contribution in [2.24, 2.45) is 23.7 Å². The SMILES string of the molecule is C/C=C(/C)C(=O)O[C@@H]1C[C@H]2C(C)=C[C@H]3OC(=O)[C@@H](C)[C@H]3C[C@H]2[C@@]1(C)O. The number of ether oxygens (including phenoxy) is 2. The van der Waals surface area contributed by atoms with Gasteiger partial charge in [-0.15, -0.1) is 0 Å². The Morgan fingerprint density at radius 3 is 2.76 bits per heavy atom. The van der Waals surface area contributed by atoms with Crippen LogP contribution in [-0.2, 0) is 19.1 Å². The summed E-state index contributed by atoms with van der Waals surface area (Å²) in [5.74, 6) is -0.570. The minimum Gasteiger partial charge on any atom is -0.458 e. The second-order valence-electron chi connectivity index (χ2n) is 8.04. The molecule has 0 aromatic rings. The summed E-state index contributed by atoms with van der Waals surface area (Å²) in [7, 11) is 0. The minimum absolute atomic E-state index is 0.0561. The fourth-order valence-corrected chi connectivity index (χ4v) is 4.65. The van der Waals surface area contributed by atoms with Crippen molar-refractivity contribution in [3.05, 3.63) is 23.3 Å². The summed E-state index contributed by atoms with van der Waals surface area (Å²) in [6, 6.07) is 0. The predicted molar refractivity (Wildman–Crippen MR) is 92.4 cm³/mol. The van der Waals surface area contributed by atoms with Crippen LogP contribution in [0, 0.1) is 23.7 Å². The fourth-order valence-electron chi connectivity index (χ4n) is 4.65. The van der Waals surface area contributed by atoms with Gasteiger partial charge >= 0.3 is 11.9 Å². The molecule has 0 spiro atoms. The third-order valence-corrected chi connectivity index (χ3v) is 6.59. The van der Waals surface area contributed by atoms with E-state index in [2.05, 4.69) is 0 Å². The van der Waals surface area contributed by atoms with Crippen LogP contribution in [0.15, 0.2) is 23.3 Å². The summed E-state index contributed by atoms with van der Waals surface area (Å²) in [4.78, 5) is 24.1. The Balaban J connectivity index is 1.87. The summed E-state index contributed by atoms with van der Waals surface area (Å²) in [6.45, 7) is 9.18. The van der Waals surface area contributed by atoms with Gasteiger partial charge in [0.2, 0.25) is 0 Å². The van der Waals surface area contributed by atoms with Crippen LogP contribution in [-0.4, -0.2) is 34.9 Å². The third-order valence-electron chi connectivity index (χ3n) is 6.59. The number of hydrogen-bond donors (Lipinski definition) is 1. The van der Waals surface area contributed by atoms with E-state index in [4.69, 9.17) is 9.47 Å². The van der Waals surface area contributed by atoms with Crippen LogP contribution in [0.3, 0.4) is 0 Å². The number of hydrogen-bond acceptors (Lipinski definition) is 5. The molecule has 2 aliphatic carbocycles. The number of aliphatic hydroxyl groups is 1. The molecule has 5 nitrogen and oxygen atoms in total. The molecule has 7 atom stereocenters. The van der Waals surface area contributed by atoms with Gasteiger partial charge in [0, 0.05) is 11.5 Å². The van der Waals surface area contributed by atoms with Gasteiger partial charge in [-0.3, -0.25) is 4.79 Å². The number of rotatable bonds is 2. The van der Waals surface area contributed by atoms with E-state index >= 15 is 0 Å². The highest BCUT2D eigenvalue weighted by Gasteiger charge is 2.57. The van der Waals surface area contributed by atoms with E-state index in [1.54, 1.807) is 26.8 Å². The highest BCUT2D eigenvalue weighted by Crippen LogP contribution is 2.52. The molecule has 0 bridgehead atoms. The second-order valence-corrected chi connectivity index (χ2v) is 8.04. The van der Waals surface area contributed by atoms with Gasteiger partial charge in [0.15, 0.2) is 0 Å². The Morgan fingerprint density at radius 2 is 2.12 bits per heavy atom. The van der Waals surface area contributed by atoms with Gasteiger partial charge in [0.05, 0.1) is 5.92 Å². The molecule has 0 aromatic carbocycles. The highest BCUT2D eigenvalue weighted by atomic mass is 16.6. The molecule has 0 aromatic heterocycles. The van der Waals surface area contributed by atoms with E-state index in [0.717, 1.165) is 5.57 Å². The number of esters is 2. The Hall–Kier alpha value is -1.62. The number of fused-ring (bicyclic) bond motifs is 2. The summed E-state index contributed by atoms with van der Waals surface area (Å²) in [6.07, 6.45) is 4.30. The van der Waals surface area contributed by atoms with Gasteiger partial charge in [0.1, 0.15) is 17.8 Å². The van der Waals surface area contributed by atoms with Gasteiger partial charge in [0.25, 0.3) is 0 Å². The summed E-state index contributed by atoms with van der Waals surface area (Å²) < 4.78 is 11.1. The maximum absolute atomic E-state index is 12.2. The average Bonchev–Trinajstić information content (AvgIpc) is 2.89. The van der Waals surface area contributed by atoms with Crippen LogP contribution in [0.1, 0.15) is 47.5 Å². The van der Waals surface area contributed by atoms with Crippen molar-refractivity contribution in [2.75, 3.05) is 0 Å². The molecule has 0 radical (unpaired) electrons. The Bertz CT molecular complexity index is 644. The lowest BCUT2D eigenvalue weighted by Crippen LogP contribution is -2.44. The average molecular weight is 348 g/mol. The number of carbonyl (C=O) groups is 2. The topological polar surface area (TPSA) is 72.8 Å². The van der Waals surface area contributed by atoms with Crippen LogP contribution in [0.2, 0.25) is 0 Å². The lowest BCUT2D eigenvalue weighted by atomic mass is 9.76. The predicted octanol–water partition coefficient (Wildman–Crippen LogP) is 2.78. The highest BCUT2D eigenvalue weighted by molar-refractivity contribution is 5.87. The zero-order valence-electron chi connectivity index (χ0n) is 15.6. The lowest BCUT2D eigenvalue weighted by molar-refractivity contribution is -0.158. The Kier molecular flexibility index (Phi) is 4.56. The van der Waals surface area contributed by atoms with Crippen molar-refractivity contribution < 1.29 is 24.2 Å². The molecule has 1 saturated carbocycles. The monoisotopic (exact) mass is 348 g/mol. The Labute approximate surface area is 149 Å². The zero-order valence-corrected chi connectivity index (χ0v) is 15.6. The standard InChI is InChI=1S/C20H28O5/c1-6-10(2)18(21)25-17-9-13-11(3)7-16-14(12(4)19(22)24-16)8-15(13)20(17,5)23/h6-7,12-17,23H,8-9H2,1-5H3/b10-6-/t12-,13-,14+,15+,16+,17+,20+/m0/s1. The first-order valence-corrected chi connectivity index (χ1v) is 9.11. The second kappa shape index (κ2) is 6.27. The largest absolute Gasteiger partial charge is 0.458 e. The molecule has 1 aliphatic heterocycles. The summed E-state index contributed by atoms with van der Waals surface area (Å²) in [5, 5.41) is 11.2. The van der Waals surface area contributed by atoms with Gasteiger partial charge in [-0.1, -0.05) is 18.6 Å². The quantitative estimate of drug-likeness (QED) is 0.472. The molecule has 1 N–H and O–H groups in total. The normalized spacial score (nSPS) is 43.7. The molecule has 1 saturated heterocycles. The maximum atomic E-state index is 12.2. The molecule has 25 heavy (non-hydrogen) atoms. The molecular weight excluding hydrogens is 320 g/mol. The van der Waals surface area contributed by atoms with Crippen molar-refractivity contribution in [1.82, 2.24) is 0 Å². The molecule has 138 valence electrons. The molecule has 2 fully saturated rings. The van der Waals surface area contributed by atoms with Crippen molar-refractivity contribution >= 4 is 11.9 Å². The van der Waals surface area contributed by atoms with Crippen LogP contribution in [0.4, 0.5) is 0 Å². The smallest absolute Gasteiger partial charge is 0.333 e. The first-order valence-electron chi connectivity index (χ1n) is 9.11. The first kappa shape index (κ1) is 18.2. The van der Waals surface area contributed by atoms with E-state index in [0.29, 0.717) is 18.4 Å². The third kappa shape index (κ3) is 2.92. The molecular formula is C20H28O5. The van der Waals surface area contributed by atoms with Gasteiger partial charge in [-0.2, -0.15) is 0 Å². The van der Waals surface area contributed by atoms with E-state index in [9.17, 15) is 14.7 Å². The fraction of sp³-hybridized carbons (Fsp3) is 0.700. The van der Waals surface area contributed by atoms with Crippen molar-refractivity contribution in [3.63, 3.8) is 0 Å². The molecule has 0 amide bonds. The minimum atomic E-state index is -1.12. The van der Waals surface area contributed by atoms with Crippen molar-refractivity contribution in [2.45, 2.75) is 65.3 Å². The van der Waals surface area contributed by atoms with Crippen LogP contribution in [0.5, 0.6) is 0 Å². The molecule has 3 aliphatic rings. The van der Waals surface area contributed by atoms with E-state index in [-0.39, 0.29) is 41.7 Å². The molecule has 0 unspecified atom stereocenters. The Morgan fingerprint density at radius 1 is 1.44 bits per heavy atom. The molecule has 1 heterocycles. The van der Waals surface area contributed by atoms with Gasteiger partial charge in [-0.05, 0) is 58.4 Å². The van der Waals surface area contributed by atoms with E-state index in [1.807, 2.05) is 19.9 Å². The number of allylic oxidation sites excluding steroid dienone is 2. The van der Waals surface area contributed by atoms with Crippen molar-refractivity contribution in [1.29, 1.82) is 0 Å². The molecule has 3 rings (SSSR count). The first-order chi connectivity index (χ1) is 11.7. The summed E-state index contributed by atoms with van der Waals surface area (Å²) in [5.41, 5.74) is 0.531. The summed E-state index contributed by atoms with van der Waals surface area (Å²) >= 11 is 0. The van der Waals surface area contributed by atoms with Crippen molar-refractivity contribution in [3.8, 4) is 0 Å². The van der Waals surface area contributed by atoms with Crippen LogP contribution >= 0.6 is 0 Å². The van der Waals surface area contributed by atoms with E-state index < -0.39 is 11.7 Å². The van der Waals surface area contributed by atoms with E-state index in [1.165, 1.54) is 0 Å². The molecule has 5 heteroatoms. The van der Waals surface area contributed by atoms with Crippen LogP contribution < -0.4 is 0 Å². The number of carbonyl (C=O) groups excluding carboxylic acids is 2.